The maximum atomic E-state index is 12.4. The molecule has 0 radical (unpaired) electrons. The van der Waals surface area contributed by atoms with E-state index in [1.165, 1.54) is 0 Å². The molecule has 1 amide bonds. The van der Waals surface area contributed by atoms with Gasteiger partial charge in [-0.2, -0.15) is 15.0 Å². The highest BCUT2D eigenvalue weighted by Gasteiger charge is 2.29. The van der Waals surface area contributed by atoms with Gasteiger partial charge >= 0.3 is 6.09 Å². The van der Waals surface area contributed by atoms with E-state index in [9.17, 15) is 4.79 Å². The Morgan fingerprint density at radius 3 is 1.77 bits per heavy atom. The number of benzene rings is 2. The van der Waals surface area contributed by atoms with Crippen molar-refractivity contribution in [2.75, 3.05) is 13.1 Å². The highest BCUT2D eigenvalue weighted by atomic mass is 16.6. The number of hydrogen-bond donors (Lipinski definition) is 0. The molecule has 2 heterocycles. The van der Waals surface area contributed by atoms with Crippen LogP contribution in [0.15, 0.2) is 60.7 Å². The highest BCUT2D eigenvalue weighted by molar-refractivity contribution is 5.77. The van der Waals surface area contributed by atoms with Gasteiger partial charge in [0.1, 0.15) is 17.0 Å². The Kier molecular flexibility index (Phi) is 5.57. The molecular weight excluding hydrogens is 376 g/mol. The van der Waals surface area contributed by atoms with Crippen molar-refractivity contribution in [1.82, 2.24) is 19.9 Å². The third kappa shape index (κ3) is 4.53. The van der Waals surface area contributed by atoms with Gasteiger partial charge in [-0.25, -0.2) is 4.79 Å². The van der Waals surface area contributed by atoms with E-state index < -0.39 is 5.60 Å². The van der Waals surface area contributed by atoms with Crippen LogP contribution in [0, 0.1) is 0 Å². The number of aromatic nitrogens is 3. The molecule has 1 fully saturated rings. The minimum Gasteiger partial charge on any atom is -0.444 e. The molecule has 0 unspecified atom stereocenters. The Balaban J connectivity index is 1.56. The van der Waals surface area contributed by atoms with E-state index >= 15 is 0 Å². The average Bonchev–Trinajstić information content (AvgIpc) is 3.19. The quantitative estimate of drug-likeness (QED) is 0.603. The molecule has 6 nitrogen and oxygen atoms in total. The summed E-state index contributed by atoms with van der Waals surface area (Å²) >= 11 is 0. The fourth-order valence-corrected chi connectivity index (χ4v) is 3.67. The second-order valence-corrected chi connectivity index (χ2v) is 8.65. The van der Waals surface area contributed by atoms with Gasteiger partial charge in [0, 0.05) is 24.2 Å². The summed E-state index contributed by atoms with van der Waals surface area (Å²) in [5, 5.41) is 9.76. The van der Waals surface area contributed by atoms with Crippen LogP contribution >= 0.6 is 0 Å². The summed E-state index contributed by atoms with van der Waals surface area (Å²) < 4.78 is 5.51. The molecule has 0 bridgehead atoms. The number of piperidine rings is 1. The lowest BCUT2D eigenvalue weighted by Crippen LogP contribution is -2.42. The van der Waals surface area contributed by atoms with Gasteiger partial charge < -0.3 is 9.64 Å². The van der Waals surface area contributed by atoms with E-state index in [1.54, 1.807) is 4.90 Å². The number of likely N-dealkylation sites (tertiary alicyclic amines) is 1. The summed E-state index contributed by atoms with van der Waals surface area (Å²) in [4.78, 5) is 16.0. The molecule has 0 spiro atoms. The van der Waals surface area contributed by atoms with E-state index in [2.05, 4.69) is 24.3 Å². The number of hydrogen-bond acceptors (Lipinski definition) is 4. The van der Waals surface area contributed by atoms with Crippen molar-refractivity contribution in [3.05, 3.63) is 60.7 Å². The zero-order valence-corrected chi connectivity index (χ0v) is 17.8. The number of nitrogens with zero attached hydrogens (tertiary/aromatic N) is 4. The van der Waals surface area contributed by atoms with Crippen molar-refractivity contribution in [3.63, 3.8) is 0 Å². The normalized spacial score (nSPS) is 15.2. The van der Waals surface area contributed by atoms with E-state index in [0.717, 1.165) is 35.4 Å². The summed E-state index contributed by atoms with van der Waals surface area (Å²) in [6.07, 6.45) is 1.36. The molecule has 1 aliphatic rings. The Bertz CT molecular complexity index is 928. The number of carbonyl (C=O) groups excluding carboxylic acids is 1. The van der Waals surface area contributed by atoms with Gasteiger partial charge in [0.15, 0.2) is 0 Å². The molecule has 30 heavy (non-hydrogen) atoms. The summed E-state index contributed by atoms with van der Waals surface area (Å²) in [5.41, 5.74) is 3.39. The molecule has 1 saturated heterocycles. The lowest BCUT2D eigenvalue weighted by Gasteiger charge is -2.33. The standard InChI is InChI=1S/C24H28N4O2/c1-24(2,3)30-23(29)27-16-14-20(15-17-27)28-25-21(18-10-6-4-7-11-18)22(26-28)19-12-8-5-9-13-19/h4-13,20H,14-17H2,1-3H3. The topological polar surface area (TPSA) is 60.2 Å². The maximum absolute atomic E-state index is 12.4. The van der Waals surface area contributed by atoms with Crippen LogP contribution < -0.4 is 0 Å². The number of rotatable bonds is 3. The van der Waals surface area contributed by atoms with E-state index in [-0.39, 0.29) is 12.1 Å². The number of amides is 1. The van der Waals surface area contributed by atoms with Gasteiger partial charge in [-0.1, -0.05) is 60.7 Å². The van der Waals surface area contributed by atoms with Crippen molar-refractivity contribution in [1.29, 1.82) is 0 Å². The first kappa shape index (κ1) is 20.1. The van der Waals surface area contributed by atoms with Crippen molar-refractivity contribution in [2.24, 2.45) is 0 Å². The van der Waals surface area contributed by atoms with Crippen molar-refractivity contribution >= 4 is 6.09 Å². The van der Waals surface area contributed by atoms with Crippen LogP contribution in [0.25, 0.3) is 22.5 Å². The molecule has 0 saturated carbocycles. The number of ether oxygens (including phenoxy) is 1. The third-order valence-electron chi connectivity index (χ3n) is 5.17. The summed E-state index contributed by atoms with van der Waals surface area (Å²) in [6, 6.07) is 20.5. The van der Waals surface area contributed by atoms with Gasteiger partial charge in [0.25, 0.3) is 0 Å². The minimum absolute atomic E-state index is 0.156. The predicted octanol–water partition coefficient (Wildman–Crippen LogP) is 5.18. The van der Waals surface area contributed by atoms with Crippen molar-refractivity contribution in [3.8, 4) is 22.5 Å². The molecule has 3 aromatic rings. The molecule has 2 aromatic carbocycles. The van der Waals surface area contributed by atoms with Crippen LogP contribution in [0.4, 0.5) is 4.79 Å². The van der Waals surface area contributed by atoms with Crippen LogP contribution in [0.5, 0.6) is 0 Å². The van der Waals surface area contributed by atoms with Gasteiger partial charge in [0.05, 0.1) is 6.04 Å². The van der Waals surface area contributed by atoms with E-state index in [0.29, 0.717) is 13.1 Å². The summed E-state index contributed by atoms with van der Waals surface area (Å²) in [5.74, 6) is 0. The Hall–Kier alpha value is -3.15. The summed E-state index contributed by atoms with van der Waals surface area (Å²) in [6.45, 7) is 6.95. The minimum atomic E-state index is -0.480. The van der Waals surface area contributed by atoms with E-state index in [4.69, 9.17) is 14.9 Å². The van der Waals surface area contributed by atoms with Crippen LogP contribution in [0.2, 0.25) is 0 Å². The number of carbonyl (C=O) groups is 1. The fourth-order valence-electron chi connectivity index (χ4n) is 3.67. The van der Waals surface area contributed by atoms with Crippen molar-refractivity contribution in [2.45, 2.75) is 45.3 Å². The molecular formula is C24H28N4O2. The molecule has 6 heteroatoms. The first-order valence-corrected chi connectivity index (χ1v) is 10.5. The molecule has 156 valence electrons. The van der Waals surface area contributed by atoms with Gasteiger partial charge in [-0.05, 0) is 33.6 Å². The third-order valence-corrected chi connectivity index (χ3v) is 5.17. The molecule has 0 atom stereocenters. The average molecular weight is 405 g/mol. The second-order valence-electron chi connectivity index (χ2n) is 8.65. The molecule has 0 N–H and O–H groups in total. The zero-order chi connectivity index (χ0) is 21.1. The van der Waals surface area contributed by atoms with Gasteiger partial charge in [-0.15, -0.1) is 0 Å². The Labute approximate surface area is 177 Å². The summed E-state index contributed by atoms with van der Waals surface area (Å²) in [7, 11) is 0. The molecule has 1 aliphatic heterocycles. The van der Waals surface area contributed by atoms with E-state index in [1.807, 2.05) is 62.0 Å². The first-order valence-electron chi connectivity index (χ1n) is 10.5. The van der Waals surface area contributed by atoms with Crippen LogP contribution in [0.3, 0.4) is 0 Å². The highest BCUT2D eigenvalue weighted by Crippen LogP contribution is 2.31. The monoisotopic (exact) mass is 404 g/mol. The second kappa shape index (κ2) is 8.30. The zero-order valence-electron chi connectivity index (χ0n) is 17.8. The largest absolute Gasteiger partial charge is 0.444 e. The van der Waals surface area contributed by atoms with Gasteiger partial charge in [0.2, 0.25) is 0 Å². The van der Waals surface area contributed by atoms with Crippen LogP contribution in [-0.2, 0) is 4.74 Å². The molecule has 0 aliphatic carbocycles. The van der Waals surface area contributed by atoms with Gasteiger partial charge in [-0.3, -0.25) is 0 Å². The molecule has 1 aromatic heterocycles. The van der Waals surface area contributed by atoms with Crippen LogP contribution in [0.1, 0.15) is 39.7 Å². The predicted molar refractivity (Wildman–Crippen MR) is 117 cm³/mol. The SMILES string of the molecule is CC(C)(C)OC(=O)N1CCC(n2nc(-c3ccccc3)c(-c3ccccc3)n2)CC1. The Morgan fingerprint density at radius 2 is 1.33 bits per heavy atom. The Morgan fingerprint density at radius 1 is 0.867 bits per heavy atom. The first-order chi connectivity index (χ1) is 14.4. The fraction of sp³-hybridized carbons (Fsp3) is 0.375. The van der Waals surface area contributed by atoms with Crippen LogP contribution in [-0.4, -0.2) is 44.7 Å². The van der Waals surface area contributed by atoms with Crippen molar-refractivity contribution < 1.29 is 9.53 Å². The maximum Gasteiger partial charge on any atom is 0.410 e. The molecule has 4 rings (SSSR count). The smallest absolute Gasteiger partial charge is 0.410 e. The lowest BCUT2D eigenvalue weighted by molar-refractivity contribution is 0.0180. The lowest BCUT2D eigenvalue weighted by atomic mass is 10.1.